The molecule has 0 amide bonds. The highest BCUT2D eigenvalue weighted by Crippen LogP contribution is 2.29. The maximum absolute atomic E-state index is 12.8. The Morgan fingerprint density at radius 1 is 1.15 bits per heavy atom. The van der Waals surface area contributed by atoms with Crippen LogP contribution in [-0.4, -0.2) is 22.3 Å². The van der Waals surface area contributed by atoms with Gasteiger partial charge < -0.3 is 5.32 Å². The van der Waals surface area contributed by atoms with Gasteiger partial charge in [0.2, 0.25) is 5.82 Å². The Labute approximate surface area is 121 Å². The average Bonchev–Trinajstić information content (AvgIpc) is 2.40. The molecule has 0 saturated carbocycles. The van der Waals surface area contributed by atoms with Gasteiger partial charge in [0.15, 0.2) is 0 Å². The third kappa shape index (κ3) is 5.98. The monoisotopic (exact) mass is 307 g/mol. The number of halogens is 3. The van der Waals surface area contributed by atoms with Crippen molar-refractivity contribution in [1.82, 2.24) is 9.97 Å². The molecule has 0 unspecified atom stereocenters. The van der Waals surface area contributed by atoms with Crippen molar-refractivity contribution in [1.29, 1.82) is 0 Å². The fraction of sp³-hybridized carbons (Fsp3) is 0.692. The predicted octanol–water partition coefficient (Wildman–Crippen LogP) is 4.60. The van der Waals surface area contributed by atoms with Crippen LogP contribution in [0.1, 0.15) is 45.4 Å². The van der Waals surface area contributed by atoms with Gasteiger partial charge in [0.25, 0.3) is 0 Å². The van der Waals surface area contributed by atoms with Crippen molar-refractivity contribution in [3.63, 3.8) is 0 Å². The van der Waals surface area contributed by atoms with Crippen LogP contribution in [0.25, 0.3) is 0 Å². The molecule has 1 aromatic rings. The molecule has 0 bridgehead atoms. The topological polar surface area (TPSA) is 37.8 Å². The van der Waals surface area contributed by atoms with E-state index in [-0.39, 0.29) is 5.82 Å². The molecule has 7 heteroatoms. The van der Waals surface area contributed by atoms with Crippen LogP contribution in [0, 0.1) is 0 Å². The van der Waals surface area contributed by atoms with E-state index >= 15 is 0 Å². The Morgan fingerprint density at radius 2 is 1.90 bits per heavy atom. The Hall–Kier alpha value is -0.980. The zero-order chi connectivity index (χ0) is 15.0. The minimum atomic E-state index is -4.51. The number of anilines is 1. The van der Waals surface area contributed by atoms with E-state index < -0.39 is 12.0 Å². The van der Waals surface area contributed by atoms with Gasteiger partial charge in [-0.15, -0.1) is 11.8 Å². The van der Waals surface area contributed by atoms with E-state index in [4.69, 9.17) is 0 Å². The first-order valence-corrected chi connectivity index (χ1v) is 7.78. The summed E-state index contributed by atoms with van der Waals surface area (Å²) in [7, 11) is 0. The quantitative estimate of drug-likeness (QED) is 0.433. The molecule has 1 aromatic heterocycles. The van der Waals surface area contributed by atoms with Crippen LogP contribution in [-0.2, 0) is 6.18 Å². The standard InChI is InChI=1S/C13H20F3N3S/c1-3-5-6-8-20-11-9-10(17-7-4-2)18-12(19-11)13(14,15)16/h9H,3-8H2,1-2H3,(H,17,18,19). The molecule has 1 heterocycles. The fourth-order valence-corrected chi connectivity index (χ4v) is 2.40. The Balaban J connectivity index is 2.80. The van der Waals surface area contributed by atoms with Crippen LogP contribution in [0.3, 0.4) is 0 Å². The Bertz CT molecular complexity index is 410. The smallest absolute Gasteiger partial charge is 0.370 e. The lowest BCUT2D eigenvalue weighted by Gasteiger charge is -2.11. The molecular formula is C13H20F3N3S. The first kappa shape index (κ1) is 17.1. The van der Waals surface area contributed by atoms with Crippen LogP contribution in [0.15, 0.2) is 11.1 Å². The zero-order valence-corrected chi connectivity index (χ0v) is 12.6. The molecule has 0 aliphatic carbocycles. The van der Waals surface area contributed by atoms with Gasteiger partial charge >= 0.3 is 6.18 Å². The highest BCUT2D eigenvalue weighted by Gasteiger charge is 2.35. The van der Waals surface area contributed by atoms with Gasteiger partial charge in [-0.1, -0.05) is 26.7 Å². The summed E-state index contributed by atoms with van der Waals surface area (Å²) in [6, 6.07) is 1.58. The maximum Gasteiger partial charge on any atom is 0.451 e. The number of thioether (sulfide) groups is 1. The van der Waals surface area contributed by atoms with Gasteiger partial charge in [-0.25, -0.2) is 9.97 Å². The lowest BCUT2D eigenvalue weighted by atomic mass is 10.3. The van der Waals surface area contributed by atoms with E-state index in [9.17, 15) is 13.2 Å². The first-order valence-electron chi connectivity index (χ1n) is 6.80. The van der Waals surface area contributed by atoms with E-state index in [0.717, 1.165) is 31.4 Å². The van der Waals surface area contributed by atoms with E-state index in [1.54, 1.807) is 6.07 Å². The van der Waals surface area contributed by atoms with Crippen molar-refractivity contribution in [3.8, 4) is 0 Å². The second kappa shape index (κ2) is 8.34. The summed E-state index contributed by atoms with van der Waals surface area (Å²) in [6.07, 6.45) is -0.552. The van der Waals surface area contributed by atoms with Gasteiger partial charge in [-0.3, -0.25) is 0 Å². The normalized spacial score (nSPS) is 11.7. The SMILES string of the molecule is CCCCCSc1cc(NCCC)nc(C(F)(F)F)n1. The molecule has 0 aliphatic heterocycles. The number of aromatic nitrogens is 2. The largest absolute Gasteiger partial charge is 0.451 e. The summed E-state index contributed by atoms with van der Waals surface area (Å²) in [6.45, 7) is 4.62. The molecule has 0 aliphatic rings. The third-order valence-electron chi connectivity index (χ3n) is 2.51. The van der Waals surface area contributed by atoms with E-state index in [1.165, 1.54) is 11.8 Å². The van der Waals surface area contributed by atoms with Crippen LogP contribution < -0.4 is 5.32 Å². The summed E-state index contributed by atoms with van der Waals surface area (Å²) in [5.41, 5.74) is 0. The summed E-state index contributed by atoms with van der Waals surface area (Å²) >= 11 is 1.35. The highest BCUT2D eigenvalue weighted by molar-refractivity contribution is 7.99. The van der Waals surface area contributed by atoms with Crippen molar-refractivity contribution >= 4 is 17.6 Å². The van der Waals surface area contributed by atoms with E-state index in [0.29, 0.717) is 11.6 Å². The van der Waals surface area contributed by atoms with Crippen LogP contribution in [0.4, 0.5) is 19.0 Å². The molecule has 0 atom stereocenters. The van der Waals surface area contributed by atoms with Gasteiger partial charge in [0, 0.05) is 12.6 Å². The molecular weight excluding hydrogens is 287 g/mol. The number of nitrogens with zero attached hydrogens (tertiary/aromatic N) is 2. The number of unbranched alkanes of at least 4 members (excludes halogenated alkanes) is 2. The van der Waals surface area contributed by atoms with Gasteiger partial charge in [-0.2, -0.15) is 13.2 Å². The number of nitrogens with one attached hydrogen (secondary N) is 1. The molecule has 0 fully saturated rings. The van der Waals surface area contributed by atoms with Crippen molar-refractivity contribution in [2.24, 2.45) is 0 Å². The van der Waals surface area contributed by atoms with E-state index in [2.05, 4.69) is 22.2 Å². The maximum atomic E-state index is 12.8. The molecule has 0 aromatic carbocycles. The molecule has 1 N–H and O–H groups in total. The number of rotatable bonds is 8. The summed E-state index contributed by atoms with van der Waals surface area (Å²) < 4.78 is 38.3. The van der Waals surface area contributed by atoms with Crippen LogP contribution >= 0.6 is 11.8 Å². The molecule has 3 nitrogen and oxygen atoms in total. The van der Waals surface area contributed by atoms with Crippen molar-refractivity contribution in [2.45, 2.75) is 50.7 Å². The number of alkyl halides is 3. The summed E-state index contributed by atoms with van der Waals surface area (Å²) in [5, 5.41) is 3.26. The summed E-state index contributed by atoms with van der Waals surface area (Å²) in [5.74, 6) is -0.0567. The molecule has 114 valence electrons. The van der Waals surface area contributed by atoms with Gasteiger partial charge in [-0.05, 0) is 18.6 Å². The highest BCUT2D eigenvalue weighted by atomic mass is 32.2. The van der Waals surface area contributed by atoms with Crippen LogP contribution in [0.5, 0.6) is 0 Å². The van der Waals surface area contributed by atoms with Crippen LogP contribution in [0.2, 0.25) is 0 Å². The van der Waals surface area contributed by atoms with Crippen molar-refractivity contribution in [2.75, 3.05) is 17.6 Å². The van der Waals surface area contributed by atoms with Crippen molar-refractivity contribution < 1.29 is 13.2 Å². The lowest BCUT2D eigenvalue weighted by molar-refractivity contribution is -0.145. The second-order valence-electron chi connectivity index (χ2n) is 4.40. The second-order valence-corrected chi connectivity index (χ2v) is 5.51. The Morgan fingerprint density at radius 3 is 2.50 bits per heavy atom. The lowest BCUT2D eigenvalue weighted by Crippen LogP contribution is -2.14. The molecule has 1 rings (SSSR count). The molecule has 0 saturated heterocycles. The minimum Gasteiger partial charge on any atom is -0.370 e. The fourth-order valence-electron chi connectivity index (χ4n) is 1.50. The van der Waals surface area contributed by atoms with Crippen molar-refractivity contribution in [3.05, 3.63) is 11.9 Å². The first-order chi connectivity index (χ1) is 9.47. The van der Waals surface area contributed by atoms with Gasteiger partial charge in [0.1, 0.15) is 10.8 Å². The Kier molecular flexibility index (Phi) is 7.12. The average molecular weight is 307 g/mol. The minimum absolute atomic E-state index is 0.243. The molecule has 20 heavy (non-hydrogen) atoms. The van der Waals surface area contributed by atoms with Gasteiger partial charge in [0.05, 0.1) is 0 Å². The molecule has 0 spiro atoms. The zero-order valence-electron chi connectivity index (χ0n) is 11.8. The number of hydrogen-bond donors (Lipinski definition) is 1. The number of hydrogen-bond acceptors (Lipinski definition) is 4. The molecule has 0 radical (unpaired) electrons. The van der Waals surface area contributed by atoms with E-state index in [1.807, 2.05) is 6.92 Å². The predicted molar refractivity (Wildman–Crippen MR) is 76.1 cm³/mol. The third-order valence-corrected chi connectivity index (χ3v) is 3.51. The summed E-state index contributed by atoms with van der Waals surface area (Å²) in [4.78, 5) is 7.12.